The highest BCUT2D eigenvalue weighted by Gasteiger charge is 2.10. The maximum atomic E-state index is 10.7. The number of halogens is 1. The molecule has 0 aliphatic rings. The largest absolute Gasteiger partial charge is 0.340 e. The number of anilines is 2. The van der Waals surface area contributed by atoms with E-state index in [1.54, 1.807) is 0 Å². The molecule has 0 saturated heterocycles. The molecule has 0 spiro atoms. The predicted octanol–water partition coefficient (Wildman–Crippen LogP) is 4.00. The lowest BCUT2D eigenvalue weighted by atomic mass is 10.1. The van der Waals surface area contributed by atoms with Crippen molar-refractivity contribution in [1.29, 1.82) is 0 Å². The summed E-state index contributed by atoms with van der Waals surface area (Å²) >= 11 is 5.76. The highest BCUT2D eigenvalue weighted by atomic mass is 35.5. The molecule has 1 N–H and O–H groups in total. The Bertz CT molecular complexity index is 644. The first-order valence-corrected chi connectivity index (χ1v) is 6.00. The van der Waals surface area contributed by atoms with Crippen molar-refractivity contribution < 1.29 is 4.92 Å². The van der Waals surface area contributed by atoms with Gasteiger partial charge >= 0.3 is 0 Å². The van der Waals surface area contributed by atoms with E-state index in [0.29, 0.717) is 5.82 Å². The van der Waals surface area contributed by atoms with E-state index in [2.05, 4.69) is 10.3 Å². The molecule has 98 valence electrons. The summed E-state index contributed by atoms with van der Waals surface area (Å²) in [6.45, 7) is 4.01. The molecular formula is C13H12ClN3O2. The molecule has 2 rings (SSSR count). The van der Waals surface area contributed by atoms with Crippen molar-refractivity contribution in [3.05, 3.63) is 56.7 Å². The van der Waals surface area contributed by atoms with Crippen molar-refractivity contribution in [1.82, 2.24) is 4.98 Å². The number of nitro groups is 1. The summed E-state index contributed by atoms with van der Waals surface area (Å²) in [7, 11) is 0. The first kappa shape index (κ1) is 13.3. The topological polar surface area (TPSA) is 68.1 Å². The molecule has 1 heterocycles. The third-order valence-electron chi connectivity index (χ3n) is 2.77. The van der Waals surface area contributed by atoms with Crippen LogP contribution in [0.5, 0.6) is 0 Å². The number of aromatic nitrogens is 1. The summed E-state index contributed by atoms with van der Waals surface area (Å²) in [5, 5.41) is 13.8. The van der Waals surface area contributed by atoms with Gasteiger partial charge < -0.3 is 5.32 Å². The fraction of sp³-hybridized carbons (Fsp3) is 0.154. The standard InChI is InChI=1S/C13H12ClN3O2/c1-8-3-4-10(5-9(8)2)15-13-7-11(17(18)19)6-12(14)16-13/h3-7H,1-2H3,(H,15,16). The fourth-order valence-electron chi connectivity index (χ4n) is 1.62. The fourth-order valence-corrected chi connectivity index (χ4v) is 1.82. The average molecular weight is 278 g/mol. The molecule has 1 aromatic carbocycles. The Morgan fingerprint density at radius 2 is 1.95 bits per heavy atom. The van der Waals surface area contributed by atoms with Gasteiger partial charge in [-0.1, -0.05) is 17.7 Å². The number of nitrogens with zero attached hydrogens (tertiary/aromatic N) is 2. The van der Waals surface area contributed by atoms with E-state index >= 15 is 0 Å². The molecule has 0 aliphatic heterocycles. The molecule has 0 bridgehead atoms. The Hall–Kier alpha value is -2.14. The Labute approximate surface area is 115 Å². The molecule has 6 heteroatoms. The van der Waals surface area contributed by atoms with E-state index in [4.69, 9.17) is 11.6 Å². The predicted molar refractivity (Wildman–Crippen MR) is 75.1 cm³/mol. The van der Waals surface area contributed by atoms with Gasteiger partial charge in [0, 0.05) is 5.69 Å². The normalized spacial score (nSPS) is 10.3. The second kappa shape index (κ2) is 5.24. The van der Waals surface area contributed by atoms with Gasteiger partial charge in [-0.2, -0.15) is 0 Å². The van der Waals surface area contributed by atoms with Crippen LogP contribution in [-0.2, 0) is 0 Å². The molecule has 0 saturated carbocycles. The number of benzene rings is 1. The minimum Gasteiger partial charge on any atom is -0.340 e. The summed E-state index contributed by atoms with van der Waals surface area (Å²) in [5.74, 6) is 0.349. The summed E-state index contributed by atoms with van der Waals surface area (Å²) in [6.07, 6.45) is 0. The third-order valence-corrected chi connectivity index (χ3v) is 2.96. The van der Waals surface area contributed by atoms with Gasteiger partial charge in [0.25, 0.3) is 5.69 Å². The van der Waals surface area contributed by atoms with Gasteiger partial charge in [0.1, 0.15) is 11.0 Å². The molecule has 0 atom stereocenters. The Kier molecular flexibility index (Phi) is 3.66. The third kappa shape index (κ3) is 3.20. The van der Waals surface area contributed by atoms with Crippen molar-refractivity contribution in [2.45, 2.75) is 13.8 Å². The summed E-state index contributed by atoms with van der Waals surface area (Å²) < 4.78 is 0. The number of aryl methyl sites for hydroxylation is 2. The van der Waals surface area contributed by atoms with Crippen molar-refractivity contribution >= 4 is 28.8 Å². The Morgan fingerprint density at radius 3 is 2.58 bits per heavy atom. The molecule has 19 heavy (non-hydrogen) atoms. The van der Waals surface area contributed by atoms with Crippen LogP contribution in [0.3, 0.4) is 0 Å². The zero-order chi connectivity index (χ0) is 14.0. The van der Waals surface area contributed by atoms with Gasteiger partial charge in [-0.3, -0.25) is 10.1 Å². The van der Waals surface area contributed by atoms with Gasteiger partial charge in [-0.15, -0.1) is 0 Å². The molecule has 0 aliphatic carbocycles. The van der Waals surface area contributed by atoms with E-state index in [1.807, 2.05) is 32.0 Å². The Balaban J connectivity index is 2.32. The first-order chi connectivity index (χ1) is 8.95. The zero-order valence-electron chi connectivity index (χ0n) is 10.5. The minimum atomic E-state index is -0.501. The van der Waals surface area contributed by atoms with E-state index in [0.717, 1.165) is 11.3 Å². The van der Waals surface area contributed by atoms with Crippen molar-refractivity contribution in [3.8, 4) is 0 Å². The highest BCUT2D eigenvalue weighted by Crippen LogP contribution is 2.24. The number of pyridine rings is 1. The lowest BCUT2D eigenvalue weighted by Gasteiger charge is -2.08. The quantitative estimate of drug-likeness (QED) is 0.523. The van der Waals surface area contributed by atoms with Crippen LogP contribution < -0.4 is 5.32 Å². The smallest absolute Gasteiger partial charge is 0.276 e. The number of nitrogens with one attached hydrogen (secondary N) is 1. The van der Waals surface area contributed by atoms with Crippen LogP contribution in [0.4, 0.5) is 17.2 Å². The van der Waals surface area contributed by atoms with Crippen molar-refractivity contribution in [2.75, 3.05) is 5.32 Å². The Morgan fingerprint density at radius 1 is 1.21 bits per heavy atom. The zero-order valence-corrected chi connectivity index (χ0v) is 11.2. The lowest BCUT2D eigenvalue weighted by molar-refractivity contribution is -0.384. The van der Waals surface area contributed by atoms with Crippen LogP contribution in [0.1, 0.15) is 11.1 Å². The van der Waals surface area contributed by atoms with E-state index < -0.39 is 4.92 Å². The van der Waals surface area contributed by atoms with Crippen LogP contribution in [0.15, 0.2) is 30.3 Å². The molecule has 0 amide bonds. The van der Waals surface area contributed by atoms with E-state index in [1.165, 1.54) is 17.7 Å². The molecule has 0 fully saturated rings. The molecule has 1 aromatic heterocycles. The average Bonchev–Trinajstić information content (AvgIpc) is 2.33. The molecule has 2 aromatic rings. The highest BCUT2D eigenvalue weighted by molar-refractivity contribution is 6.29. The summed E-state index contributed by atoms with van der Waals surface area (Å²) in [6, 6.07) is 8.37. The summed E-state index contributed by atoms with van der Waals surface area (Å²) in [5.41, 5.74) is 3.02. The molecule has 5 nitrogen and oxygen atoms in total. The number of hydrogen-bond acceptors (Lipinski definition) is 4. The van der Waals surface area contributed by atoms with Gasteiger partial charge in [-0.25, -0.2) is 4.98 Å². The van der Waals surface area contributed by atoms with Crippen LogP contribution in [0.25, 0.3) is 0 Å². The second-order valence-corrected chi connectivity index (χ2v) is 4.60. The maximum absolute atomic E-state index is 10.7. The van der Waals surface area contributed by atoms with Crippen molar-refractivity contribution in [3.63, 3.8) is 0 Å². The SMILES string of the molecule is Cc1ccc(Nc2cc([N+](=O)[O-])cc(Cl)n2)cc1C. The maximum Gasteiger partial charge on any atom is 0.276 e. The lowest BCUT2D eigenvalue weighted by Crippen LogP contribution is -1.97. The van der Waals surface area contributed by atoms with Gasteiger partial charge in [0.05, 0.1) is 17.1 Å². The summed E-state index contributed by atoms with van der Waals surface area (Å²) in [4.78, 5) is 14.3. The first-order valence-electron chi connectivity index (χ1n) is 5.62. The van der Waals surface area contributed by atoms with Gasteiger partial charge in [0.15, 0.2) is 0 Å². The van der Waals surface area contributed by atoms with Gasteiger partial charge in [-0.05, 0) is 37.1 Å². The van der Waals surface area contributed by atoms with Gasteiger partial charge in [0.2, 0.25) is 0 Å². The molecule has 0 radical (unpaired) electrons. The van der Waals surface area contributed by atoms with Crippen LogP contribution in [0, 0.1) is 24.0 Å². The van der Waals surface area contributed by atoms with Crippen LogP contribution >= 0.6 is 11.6 Å². The van der Waals surface area contributed by atoms with Crippen LogP contribution in [0.2, 0.25) is 5.15 Å². The van der Waals surface area contributed by atoms with Crippen LogP contribution in [-0.4, -0.2) is 9.91 Å². The number of hydrogen-bond donors (Lipinski definition) is 1. The van der Waals surface area contributed by atoms with E-state index in [-0.39, 0.29) is 10.8 Å². The second-order valence-electron chi connectivity index (χ2n) is 4.21. The molecular weight excluding hydrogens is 266 g/mol. The number of rotatable bonds is 3. The van der Waals surface area contributed by atoms with Crippen molar-refractivity contribution in [2.24, 2.45) is 0 Å². The van der Waals surface area contributed by atoms with E-state index in [9.17, 15) is 10.1 Å². The molecule has 0 unspecified atom stereocenters. The monoisotopic (exact) mass is 277 g/mol. The minimum absolute atomic E-state index is 0.0838.